The van der Waals surface area contributed by atoms with Crippen LogP contribution in [0.25, 0.3) is 10.8 Å². The third-order valence-corrected chi connectivity index (χ3v) is 2.92. The van der Waals surface area contributed by atoms with Gasteiger partial charge in [0, 0.05) is 18.0 Å². The number of nitrogens with two attached hydrogens (primary N) is 1. The highest BCUT2D eigenvalue weighted by atomic mass is 15.3. The average Bonchev–Trinajstić information content (AvgIpc) is 2.55. The van der Waals surface area contributed by atoms with Crippen molar-refractivity contribution in [2.24, 2.45) is 10.9 Å². The zero-order chi connectivity index (χ0) is 10.4. The molecule has 74 valence electrons. The van der Waals surface area contributed by atoms with Gasteiger partial charge in [0.1, 0.15) is 0 Å². The van der Waals surface area contributed by atoms with Gasteiger partial charge < -0.3 is 10.7 Å². The summed E-state index contributed by atoms with van der Waals surface area (Å²) in [7, 11) is 1.99. The van der Waals surface area contributed by atoms with Gasteiger partial charge in [0.15, 0.2) is 5.84 Å². The molecule has 0 saturated carbocycles. The Morgan fingerprint density at radius 3 is 2.60 bits per heavy atom. The molecule has 0 aromatic heterocycles. The SMILES string of the molecule is CN1/C(=N/N)c2cccc3cccc1c23. The van der Waals surface area contributed by atoms with Gasteiger partial charge in [-0.05, 0) is 11.5 Å². The van der Waals surface area contributed by atoms with Crippen molar-refractivity contribution >= 4 is 22.3 Å². The molecular formula is C12H11N3. The van der Waals surface area contributed by atoms with Crippen LogP contribution in [0.15, 0.2) is 41.5 Å². The minimum absolute atomic E-state index is 0.835. The molecule has 0 aliphatic carbocycles. The standard InChI is InChI=1S/C12H11N3/c1-15-10-7-3-5-8-4-2-6-9(11(8)10)12(15)14-13/h2-7H,13H2,1H3/b14-12+. The van der Waals surface area contributed by atoms with Gasteiger partial charge in [-0.3, -0.25) is 0 Å². The number of benzene rings is 2. The van der Waals surface area contributed by atoms with E-state index in [0.29, 0.717) is 0 Å². The predicted molar refractivity (Wildman–Crippen MR) is 63.1 cm³/mol. The second-order valence-electron chi connectivity index (χ2n) is 3.69. The Labute approximate surface area is 87.8 Å². The highest BCUT2D eigenvalue weighted by molar-refractivity contribution is 6.26. The summed E-state index contributed by atoms with van der Waals surface area (Å²) in [6.45, 7) is 0. The molecule has 0 fully saturated rings. The number of hydrazone groups is 1. The molecule has 2 aromatic carbocycles. The van der Waals surface area contributed by atoms with E-state index in [0.717, 1.165) is 11.4 Å². The molecule has 0 radical (unpaired) electrons. The van der Waals surface area contributed by atoms with Crippen molar-refractivity contribution < 1.29 is 0 Å². The zero-order valence-corrected chi connectivity index (χ0v) is 8.44. The Bertz CT molecular complexity index is 567. The molecular weight excluding hydrogens is 186 g/mol. The van der Waals surface area contributed by atoms with Gasteiger partial charge in [0.2, 0.25) is 0 Å². The summed E-state index contributed by atoms with van der Waals surface area (Å²) in [6, 6.07) is 12.4. The lowest BCUT2D eigenvalue weighted by Gasteiger charge is -2.12. The highest BCUT2D eigenvalue weighted by Crippen LogP contribution is 2.36. The molecule has 15 heavy (non-hydrogen) atoms. The van der Waals surface area contributed by atoms with Crippen LogP contribution in [0.3, 0.4) is 0 Å². The van der Waals surface area contributed by atoms with Crippen LogP contribution in [0.2, 0.25) is 0 Å². The average molecular weight is 197 g/mol. The fourth-order valence-corrected chi connectivity index (χ4v) is 2.24. The topological polar surface area (TPSA) is 41.6 Å². The first kappa shape index (κ1) is 8.29. The summed E-state index contributed by atoms with van der Waals surface area (Å²) in [5, 5.41) is 6.33. The van der Waals surface area contributed by atoms with Gasteiger partial charge >= 0.3 is 0 Å². The Hall–Kier alpha value is -2.03. The van der Waals surface area contributed by atoms with Crippen molar-refractivity contribution in [3.05, 3.63) is 42.0 Å². The van der Waals surface area contributed by atoms with Crippen LogP contribution in [0, 0.1) is 0 Å². The van der Waals surface area contributed by atoms with E-state index in [1.807, 2.05) is 18.0 Å². The molecule has 2 N–H and O–H groups in total. The van der Waals surface area contributed by atoms with E-state index in [2.05, 4.69) is 35.4 Å². The van der Waals surface area contributed by atoms with Gasteiger partial charge in [-0.1, -0.05) is 30.3 Å². The van der Waals surface area contributed by atoms with E-state index in [9.17, 15) is 0 Å². The lowest BCUT2D eigenvalue weighted by molar-refractivity contribution is 1.19. The van der Waals surface area contributed by atoms with E-state index in [4.69, 9.17) is 5.84 Å². The lowest BCUT2D eigenvalue weighted by Crippen LogP contribution is -2.23. The Morgan fingerprint density at radius 1 is 1.13 bits per heavy atom. The summed E-state index contributed by atoms with van der Waals surface area (Å²) in [6.07, 6.45) is 0. The molecule has 0 spiro atoms. The highest BCUT2D eigenvalue weighted by Gasteiger charge is 2.24. The van der Waals surface area contributed by atoms with Gasteiger partial charge in [0.05, 0.1) is 5.69 Å². The number of anilines is 1. The Kier molecular flexibility index (Phi) is 1.51. The molecule has 0 bridgehead atoms. The molecule has 2 aromatic rings. The van der Waals surface area contributed by atoms with E-state index in [-0.39, 0.29) is 0 Å². The van der Waals surface area contributed by atoms with Crippen molar-refractivity contribution in [1.82, 2.24) is 0 Å². The molecule has 1 aliphatic rings. The van der Waals surface area contributed by atoms with Gasteiger partial charge in [-0.15, -0.1) is 0 Å². The molecule has 3 nitrogen and oxygen atoms in total. The van der Waals surface area contributed by atoms with Crippen molar-refractivity contribution in [3.63, 3.8) is 0 Å². The first-order valence-electron chi connectivity index (χ1n) is 4.86. The first-order chi connectivity index (χ1) is 7.33. The third-order valence-electron chi connectivity index (χ3n) is 2.92. The van der Waals surface area contributed by atoms with Crippen molar-refractivity contribution in [2.75, 3.05) is 11.9 Å². The number of rotatable bonds is 0. The van der Waals surface area contributed by atoms with Crippen LogP contribution in [0.4, 0.5) is 5.69 Å². The van der Waals surface area contributed by atoms with Crippen LogP contribution >= 0.6 is 0 Å². The van der Waals surface area contributed by atoms with Crippen LogP contribution in [0.1, 0.15) is 5.56 Å². The fraction of sp³-hybridized carbons (Fsp3) is 0.0833. The summed E-state index contributed by atoms with van der Waals surface area (Å²) >= 11 is 0. The fourth-order valence-electron chi connectivity index (χ4n) is 2.24. The third kappa shape index (κ3) is 0.920. The largest absolute Gasteiger partial charge is 0.327 e. The molecule has 1 aliphatic heterocycles. The Balaban J connectivity index is 2.50. The Morgan fingerprint density at radius 2 is 1.87 bits per heavy atom. The zero-order valence-electron chi connectivity index (χ0n) is 8.44. The summed E-state index contributed by atoms with van der Waals surface area (Å²) < 4.78 is 0. The molecule has 0 unspecified atom stereocenters. The lowest BCUT2D eigenvalue weighted by atomic mass is 10.1. The predicted octanol–water partition coefficient (Wildman–Crippen LogP) is 1.91. The normalized spacial score (nSPS) is 16.6. The quantitative estimate of drug-likeness (QED) is 0.517. The molecule has 3 heteroatoms. The molecule has 3 rings (SSSR count). The summed E-state index contributed by atoms with van der Waals surface area (Å²) in [5.74, 6) is 6.26. The molecule has 0 saturated heterocycles. The van der Waals surface area contributed by atoms with Gasteiger partial charge in [0.25, 0.3) is 0 Å². The van der Waals surface area contributed by atoms with Gasteiger partial charge in [-0.25, -0.2) is 0 Å². The van der Waals surface area contributed by atoms with Crippen molar-refractivity contribution in [2.45, 2.75) is 0 Å². The second-order valence-corrected chi connectivity index (χ2v) is 3.69. The maximum atomic E-state index is 5.43. The molecule has 1 heterocycles. The van der Waals surface area contributed by atoms with Gasteiger partial charge in [-0.2, -0.15) is 5.10 Å². The number of amidine groups is 1. The minimum atomic E-state index is 0.835. The van der Waals surface area contributed by atoms with E-state index in [1.54, 1.807) is 0 Å². The summed E-state index contributed by atoms with van der Waals surface area (Å²) in [5.41, 5.74) is 2.29. The van der Waals surface area contributed by atoms with Crippen LogP contribution in [-0.2, 0) is 0 Å². The van der Waals surface area contributed by atoms with Crippen molar-refractivity contribution in [1.29, 1.82) is 0 Å². The van der Waals surface area contributed by atoms with Crippen LogP contribution in [-0.4, -0.2) is 12.9 Å². The molecule has 0 atom stereocenters. The summed E-state index contributed by atoms with van der Waals surface area (Å²) in [4.78, 5) is 2.03. The number of hydrogen-bond acceptors (Lipinski definition) is 2. The van der Waals surface area contributed by atoms with E-state index in [1.165, 1.54) is 16.5 Å². The van der Waals surface area contributed by atoms with Crippen molar-refractivity contribution in [3.8, 4) is 0 Å². The van der Waals surface area contributed by atoms with E-state index < -0.39 is 0 Å². The first-order valence-corrected chi connectivity index (χ1v) is 4.86. The van der Waals surface area contributed by atoms with E-state index >= 15 is 0 Å². The smallest absolute Gasteiger partial charge is 0.160 e. The maximum absolute atomic E-state index is 5.43. The number of hydrogen-bond donors (Lipinski definition) is 1. The maximum Gasteiger partial charge on any atom is 0.160 e. The molecule has 0 amide bonds. The monoisotopic (exact) mass is 197 g/mol. The van der Waals surface area contributed by atoms with Crippen LogP contribution in [0.5, 0.6) is 0 Å². The second kappa shape index (κ2) is 2.73. The minimum Gasteiger partial charge on any atom is -0.327 e. The number of nitrogens with zero attached hydrogens (tertiary/aromatic N) is 2. The van der Waals surface area contributed by atoms with Crippen LogP contribution < -0.4 is 10.7 Å².